The van der Waals surface area contributed by atoms with Gasteiger partial charge >= 0.3 is 6.18 Å². The maximum atomic E-state index is 12.9. The Morgan fingerprint density at radius 2 is 1.69 bits per heavy atom. The highest BCUT2D eigenvalue weighted by Gasteiger charge is 2.38. The van der Waals surface area contributed by atoms with Crippen LogP contribution in [-0.4, -0.2) is 4.98 Å². The van der Waals surface area contributed by atoms with E-state index in [1.165, 1.54) is 13.0 Å². The summed E-state index contributed by atoms with van der Waals surface area (Å²) in [5, 5.41) is 0. The number of pyridine rings is 1. The number of nitrogen functional groups attached to an aromatic ring is 1. The first-order valence-electron chi connectivity index (χ1n) is 4.88. The SMILES string of the molecule is Cc1nc(N)cc(C(C)(C)C)c1C(F)(F)F. The second-order valence-corrected chi connectivity index (χ2v) is 4.80. The minimum absolute atomic E-state index is 0.0718. The second-order valence-electron chi connectivity index (χ2n) is 4.80. The Hall–Kier alpha value is -1.26. The zero-order chi connectivity index (χ0) is 12.7. The Morgan fingerprint density at radius 3 is 2.06 bits per heavy atom. The first-order chi connectivity index (χ1) is 7.03. The van der Waals surface area contributed by atoms with Crippen LogP contribution in [0.2, 0.25) is 0 Å². The highest BCUT2D eigenvalue weighted by atomic mass is 19.4. The van der Waals surface area contributed by atoms with Gasteiger partial charge in [0.15, 0.2) is 0 Å². The van der Waals surface area contributed by atoms with Crippen molar-refractivity contribution in [3.8, 4) is 0 Å². The van der Waals surface area contributed by atoms with Gasteiger partial charge in [0, 0.05) is 0 Å². The number of aromatic nitrogens is 1. The first-order valence-corrected chi connectivity index (χ1v) is 4.88. The van der Waals surface area contributed by atoms with E-state index in [4.69, 9.17) is 5.73 Å². The van der Waals surface area contributed by atoms with Gasteiger partial charge in [-0.2, -0.15) is 13.2 Å². The van der Waals surface area contributed by atoms with Crippen molar-refractivity contribution in [1.82, 2.24) is 4.98 Å². The molecular formula is C11H15F3N2. The number of aryl methyl sites for hydroxylation is 1. The fraction of sp³-hybridized carbons (Fsp3) is 0.545. The zero-order valence-corrected chi connectivity index (χ0v) is 9.74. The number of hydrogen-bond acceptors (Lipinski definition) is 2. The summed E-state index contributed by atoms with van der Waals surface area (Å²) >= 11 is 0. The Bertz CT molecular complexity index is 403. The third-order valence-electron chi connectivity index (χ3n) is 2.31. The number of nitrogens with zero attached hydrogens (tertiary/aromatic N) is 1. The summed E-state index contributed by atoms with van der Waals surface area (Å²) in [6, 6.07) is 1.30. The predicted molar refractivity (Wildman–Crippen MR) is 57.1 cm³/mol. The molecule has 2 nitrogen and oxygen atoms in total. The van der Waals surface area contributed by atoms with Crippen LogP contribution < -0.4 is 5.73 Å². The molecule has 0 spiro atoms. The lowest BCUT2D eigenvalue weighted by atomic mass is 9.83. The van der Waals surface area contributed by atoms with Crippen LogP contribution in [-0.2, 0) is 11.6 Å². The molecule has 0 amide bonds. The number of alkyl halides is 3. The summed E-state index contributed by atoms with van der Waals surface area (Å²) < 4.78 is 38.7. The molecule has 1 aromatic heterocycles. The van der Waals surface area contributed by atoms with Crippen molar-refractivity contribution in [3.05, 3.63) is 22.9 Å². The van der Waals surface area contributed by atoms with Gasteiger partial charge in [-0.3, -0.25) is 0 Å². The van der Waals surface area contributed by atoms with Gasteiger partial charge in [-0.1, -0.05) is 20.8 Å². The average molecular weight is 232 g/mol. The Morgan fingerprint density at radius 1 is 1.19 bits per heavy atom. The third-order valence-corrected chi connectivity index (χ3v) is 2.31. The van der Waals surface area contributed by atoms with E-state index in [0.29, 0.717) is 0 Å². The van der Waals surface area contributed by atoms with E-state index in [9.17, 15) is 13.2 Å². The molecule has 0 aliphatic heterocycles. The lowest BCUT2D eigenvalue weighted by Crippen LogP contribution is -2.22. The number of nitrogens with two attached hydrogens (primary N) is 1. The van der Waals surface area contributed by atoms with Crippen LogP contribution in [0.15, 0.2) is 6.07 Å². The van der Waals surface area contributed by atoms with Crippen molar-refractivity contribution in [2.75, 3.05) is 5.73 Å². The number of rotatable bonds is 0. The van der Waals surface area contributed by atoms with Crippen LogP contribution in [0, 0.1) is 6.92 Å². The monoisotopic (exact) mass is 232 g/mol. The molecule has 0 aliphatic rings. The molecule has 2 N–H and O–H groups in total. The summed E-state index contributed by atoms with van der Waals surface area (Å²) in [6.07, 6.45) is -4.40. The molecule has 0 fully saturated rings. The lowest BCUT2D eigenvalue weighted by Gasteiger charge is -2.25. The highest BCUT2D eigenvalue weighted by Crippen LogP contribution is 2.39. The molecule has 1 aromatic rings. The fourth-order valence-corrected chi connectivity index (χ4v) is 1.65. The summed E-state index contributed by atoms with van der Waals surface area (Å²) in [7, 11) is 0. The number of anilines is 1. The standard InChI is InChI=1S/C11H15F3N2/c1-6-9(11(12,13)14)7(10(2,3)4)5-8(15)16-6/h5H,1-4H3,(H2,15,16). The van der Waals surface area contributed by atoms with Crippen LogP contribution in [0.4, 0.5) is 19.0 Å². The average Bonchev–Trinajstić information content (AvgIpc) is 1.97. The molecule has 16 heavy (non-hydrogen) atoms. The van der Waals surface area contributed by atoms with Crippen molar-refractivity contribution in [1.29, 1.82) is 0 Å². The molecule has 0 unspecified atom stereocenters. The molecular weight excluding hydrogens is 217 g/mol. The van der Waals surface area contributed by atoms with Crippen LogP contribution >= 0.6 is 0 Å². The van der Waals surface area contributed by atoms with Crippen molar-refractivity contribution in [2.24, 2.45) is 0 Å². The summed E-state index contributed by atoms with van der Waals surface area (Å²) in [4.78, 5) is 3.67. The molecule has 1 heterocycles. The van der Waals surface area contributed by atoms with Gasteiger partial charge in [0.05, 0.1) is 11.3 Å². The quantitative estimate of drug-likeness (QED) is 0.745. The molecule has 0 aromatic carbocycles. The van der Waals surface area contributed by atoms with E-state index in [0.717, 1.165) is 0 Å². The van der Waals surface area contributed by atoms with Gasteiger partial charge in [0.2, 0.25) is 0 Å². The van der Waals surface area contributed by atoms with Crippen LogP contribution in [0.25, 0.3) is 0 Å². The van der Waals surface area contributed by atoms with E-state index in [2.05, 4.69) is 4.98 Å². The molecule has 90 valence electrons. The van der Waals surface area contributed by atoms with Crippen LogP contribution in [0.3, 0.4) is 0 Å². The van der Waals surface area contributed by atoms with Gasteiger partial charge in [-0.25, -0.2) is 4.98 Å². The zero-order valence-electron chi connectivity index (χ0n) is 9.74. The van der Waals surface area contributed by atoms with Crippen LogP contribution in [0.1, 0.15) is 37.6 Å². The predicted octanol–water partition coefficient (Wildman–Crippen LogP) is 3.29. The Kier molecular flexibility index (Phi) is 2.92. The van der Waals surface area contributed by atoms with E-state index in [-0.39, 0.29) is 17.1 Å². The molecule has 0 atom stereocenters. The third kappa shape index (κ3) is 2.46. The maximum absolute atomic E-state index is 12.9. The van der Waals surface area contributed by atoms with Gasteiger partial charge in [-0.15, -0.1) is 0 Å². The van der Waals surface area contributed by atoms with E-state index < -0.39 is 17.2 Å². The van der Waals surface area contributed by atoms with Gasteiger partial charge in [0.25, 0.3) is 0 Å². The fourth-order valence-electron chi connectivity index (χ4n) is 1.65. The van der Waals surface area contributed by atoms with Crippen molar-refractivity contribution in [3.63, 3.8) is 0 Å². The normalized spacial score (nSPS) is 12.9. The van der Waals surface area contributed by atoms with E-state index >= 15 is 0 Å². The number of hydrogen-bond donors (Lipinski definition) is 1. The Balaban J connectivity index is 3.58. The Labute approximate surface area is 92.7 Å². The molecule has 1 rings (SSSR count). The summed E-state index contributed by atoms with van der Waals surface area (Å²) in [5.41, 5.74) is 4.31. The van der Waals surface area contributed by atoms with Crippen molar-refractivity contribution >= 4 is 5.82 Å². The summed E-state index contributed by atoms with van der Waals surface area (Å²) in [6.45, 7) is 6.48. The smallest absolute Gasteiger partial charge is 0.384 e. The van der Waals surface area contributed by atoms with Gasteiger partial charge in [-0.05, 0) is 24.0 Å². The summed E-state index contributed by atoms with van der Waals surface area (Å²) in [5.74, 6) is 0.121. The van der Waals surface area contributed by atoms with Crippen molar-refractivity contribution in [2.45, 2.75) is 39.3 Å². The van der Waals surface area contributed by atoms with Gasteiger partial charge < -0.3 is 5.73 Å². The largest absolute Gasteiger partial charge is 0.418 e. The minimum Gasteiger partial charge on any atom is -0.384 e. The molecule has 0 saturated carbocycles. The van der Waals surface area contributed by atoms with Crippen molar-refractivity contribution < 1.29 is 13.2 Å². The minimum atomic E-state index is -4.40. The maximum Gasteiger partial charge on any atom is 0.418 e. The lowest BCUT2D eigenvalue weighted by molar-refractivity contribution is -0.139. The van der Waals surface area contributed by atoms with E-state index in [1.807, 2.05) is 0 Å². The molecule has 5 heteroatoms. The highest BCUT2D eigenvalue weighted by molar-refractivity contribution is 5.45. The molecule has 0 radical (unpaired) electrons. The molecule has 0 aliphatic carbocycles. The second kappa shape index (κ2) is 3.64. The van der Waals surface area contributed by atoms with Gasteiger partial charge in [0.1, 0.15) is 5.82 Å². The topological polar surface area (TPSA) is 38.9 Å². The number of halogens is 3. The van der Waals surface area contributed by atoms with E-state index in [1.54, 1.807) is 20.8 Å². The first kappa shape index (κ1) is 12.8. The molecule has 0 saturated heterocycles. The molecule has 0 bridgehead atoms. The van der Waals surface area contributed by atoms with Crippen LogP contribution in [0.5, 0.6) is 0 Å².